The van der Waals surface area contributed by atoms with Gasteiger partial charge in [-0.1, -0.05) is 54.6 Å². The van der Waals surface area contributed by atoms with Crippen LogP contribution in [-0.2, 0) is 0 Å². The predicted octanol–water partition coefficient (Wildman–Crippen LogP) is 6.13. The molecule has 0 heterocycles. The third kappa shape index (κ3) is 4.17. The molecule has 0 unspecified atom stereocenters. The molecule has 0 fully saturated rings. The fourth-order valence-electron chi connectivity index (χ4n) is 4.02. The first-order chi connectivity index (χ1) is 15.1. The highest BCUT2D eigenvalue weighted by Crippen LogP contribution is 2.37. The second-order valence-electron chi connectivity index (χ2n) is 7.80. The largest absolute Gasteiger partial charge is 0.388 e. The minimum Gasteiger partial charge on any atom is -0.388 e. The molecule has 4 rings (SSSR count). The normalized spacial score (nSPS) is 15.5. The molecule has 31 heavy (non-hydrogen) atoms. The maximum absolute atomic E-state index is 4.71. The summed E-state index contributed by atoms with van der Waals surface area (Å²) in [5, 5.41) is 3.22. The van der Waals surface area contributed by atoms with Gasteiger partial charge in [0.25, 0.3) is 0 Å². The number of fused-ring (bicyclic) bond motifs is 1. The summed E-state index contributed by atoms with van der Waals surface area (Å²) in [5.74, 6) is 0. The Morgan fingerprint density at radius 2 is 1.42 bits per heavy atom. The molecule has 1 aliphatic rings. The molecule has 0 amide bonds. The Morgan fingerprint density at radius 1 is 0.806 bits per heavy atom. The topological polar surface area (TPSA) is 27.6 Å². The highest BCUT2D eigenvalue weighted by molar-refractivity contribution is 6.19. The first-order valence-electron chi connectivity index (χ1n) is 10.7. The third-order valence-electron chi connectivity index (χ3n) is 5.63. The van der Waals surface area contributed by atoms with Crippen LogP contribution >= 0.6 is 0 Å². The van der Waals surface area contributed by atoms with E-state index in [2.05, 4.69) is 116 Å². The fourth-order valence-corrected chi connectivity index (χ4v) is 4.02. The van der Waals surface area contributed by atoms with Crippen LogP contribution in [0.25, 0.3) is 11.1 Å². The summed E-state index contributed by atoms with van der Waals surface area (Å²) >= 11 is 0. The lowest BCUT2D eigenvalue weighted by atomic mass is 9.83. The monoisotopic (exact) mass is 407 g/mol. The molecular weight excluding hydrogens is 378 g/mol. The van der Waals surface area contributed by atoms with E-state index in [0.717, 1.165) is 17.9 Å². The molecule has 3 nitrogen and oxygen atoms in total. The van der Waals surface area contributed by atoms with Gasteiger partial charge >= 0.3 is 0 Å². The number of benzene rings is 3. The number of hydrogen-bond acceptors (Lipinski definition) is 3. The van der Waals surface area contributed by atoms with Crippen LogP contribution in [-0.4, -0.2) is 33.4 Å². The lowest BCUT2D eigenvalue weighted by Gasteiger charge is -2.21. The second kappa shape index (κ2) is 9.05. The number of allylic oxidation sites excluding steroid dienone is 3. The molecule has 0 bridgehead atoms. The summed E-state index contributed by atoms with van der Waals surface area (Å²) in [4.78, 5) is 6.84. The van der Waals surface area contributed by atoms with Crippen LogP contribution in [0, 0.1) is 0 Å². The lowest BCUT2D eigenvalue weighted by Crippen LogP contribution is -2.09. The first kappa shape index (κ1) is 20.7. The molecule has 0 radical (unpaired) electrons. The number of aliphatic imine (C=N–C) groups is 1. The zero-order valence-corrected chi connectivity index (χ0v) is 18.7. The average Bonchev–Trinajstić information content (AvgIpc) is 2.81. The zero-order valence-electron chi connectivity index (χ0n) is 18.7. The van der Waals surface area contributed by atoms with Crippen molar-refractivity contribution in [2.75, 3.05) is 37.9 Å². The molecule has 3 aromatic carbocycles. The molecule has 0 saturated heterocycles. The summed E-state index contributed by atoms with van der Waals surface area (Å²) in [6, 6.07) is 26.0. The molecule has 3 aromatic rings. The van der Waals surface area contributed by atoms with Crippen molar-refractivity contribution in [1.82, 2.24) is 0 Å². The number of nitrogens with one attached hydrogen (secondary N) is 1. The Kier molecular flexibility index (Phi) is 6.03. The average molecular weight is 408 g/mol. The van der Waals surface area contributed by atoms with Gasteiger partial charge in [-0.3, -0.25) is 4.99 Å². The smallest absolute Gasteiger partial charge is 0.0652 e. The zero-order chi connectivity index (χ0) is 21.8. The van der Waals surface area contributed by atoms with Crippen LogP contribution in [0.2, 0.25) is 0 Å². The summed E-state index contributed by atoms with van der Waals surface area (Å²) in [6.45, 7) is 2.85. The van der Waals surface area contributed by atoms with Crippen LogP contribution in [0.3, 0.4) is 0 Å². The Bertz CT molecular complexity index is 1150. The van der Waals surface area contributed by atoms with Gasteiger partial charge in [0.1, 0.15) is 0 Å². The van der Waals surface area contributed by atoms with Gasteiger partial charge in [0, 0.05) is 44.6 Å². The minimum absolute atomic E-state index is 0.775. The number of anilines is 2. The summed E-state index contributed by atoms with van der Waals surface area (Å²) < 4.78 is 0. The highest BCUT2D eigenvalue weighted by Gasteiger charge is 2.19. The summed E-state index contributed by atoms with van der Waals surface area (Å²) in [7, 11) is 6.09. The van der Waals surface area contributed by atoms with Gasteiger partial charge in [0.15, 0.2) is 0 Å². The standard InChI is InChI=1S/C28H29N3/c1-5-30-27-19-18-26(24-8-6-7-9-25(24)27)28(20-10-14-22(29-2)15-11-20)21-12-16-23(17-13-21)31(3)4/h6-19,29H,5H2,1-4H3. The first-order valence-corrected chi connectivity index (χ1v) is 10.7. The van der Waals surface area contributed by atoms with E-state index < -0.39 is 0 Å². The van der Waals surface area contributed by atoms with E-state index in [9.17, 15) is 0 Å². The lowest BCUT2D eigenvalue weighted by molar-refractivity contribution is 1.13. The second-order valence-corrected chi connectivity index (χ2v) is 7.80. The molecule has 156 valence electrons. The molecule has 0 spiro atoms. The molecule has 0 saturated carbocycles. The van der Waals surface area contributed by atoms with Gasteiger partial charge in [-0.2, -0.15) is 0 Å². The quantitative estimate of drug-likeness (QED) is 0.551. The maximum atomic E-state index is 4.71. The molecule has 0 aromatic heterocycles. The van der Waals surface area contributed by atoms with E-state index >= 15 is 0 Å². The van der Waals surface area contributed by atoms with Crippen molar-refractivity contribution in [2.45, 2.75) is 6.92 Å². The van der Waals surface area contributed by atoms with Crippen molar-refractivity contribution in [2.24, 2.45) is 4.99 Å². The molecule has 1 N–H and O–H groups in total. The predicted molar refractivity (Wildman–Crippen MR) is 135 cm³/mol. The SMILES string of the molecule is CCN=C1C=CC(=C(c2ccc(NC)cc2)c2ccc(N(C)C)cc2)c2ccccc21. The van der Waals surface area contributed by atoms with Crippen LogP contribution in [0.15, 0.2) is 89.9 Å². The van der Waals surface area contributed by atoms with Gasteiger partial charge in [-0.15, -0.1) is 0 Å². The van der Waals surface area contributed by atoms with Crippen LogP contribution in [0.5, 0.6) is 0 Å². The Hall–Kier alpha value is -3.59. The molecule has 3 heteroatoms. The number of rotatable bonds is 5. The number of nitrogens with zero attached hydrogens (tertiary/aromatic N) is 2. The number of hydrogen-bond donors (Lipinski definition) is 1. The van der Waals surface area contributed by atoms with Crippen molar-refractivity contribution in [3.05, 3.63) is 107 Å². The van der Waals surface area contributed by atoms with Gasteiger partial charge in [0.2, 0.25) is 0 Å². The van der Waals surface area contributed by atoms with Crippen molar-refractivity contribution >= 4 is 28.2 Å². The van der Waals surface area contributed by atoms with Gasteiger partial charge in [-0.05, 0) is 65.1 Å². The van der Waals surface area contributed by atoms with Gasteiger partial charge in [0.05, 0.1) is 5.71 Å². The molecule has 1 aliphatic carbocycles. The molecule has 0 atom stereocenters. The fraction of sp³-hybridized carbons (Fsp3) is 0.179. The van der Waals surface area contributed by atoms with E-state index in [1.807, 2.05) is 7.05 Å². The van der Waals surface area contributed by atoms with Crippen molar-refractivity contribution < 1.29 is 0 Å². The Labute approximate surface area is 185 Å². The van der Waals surface area contributed by atoms with Crippen LogP contribution < -0.4 is 10.2 Å². The van der Waals surface area contributed by atoms with Crippen LogP contribution in [0.1, 0.15) is 29.2 Å². The maximum Gasteiger partial charge on any atom is 0.0652 e. The van der Waals surface area contributed by atoms with E-state index in [1.54, 1.807) is 0 Å². The Balaban J connectivity index is 1.97. The Morgan fingerprint density at radius 3 is 2.00 bits per heavy atom. The highest BCUT2D eigenvalue weighted by atomic mass is 15.1. The van der Waals surface area contributed by atoms with E-state index in [4.69, 9.17) is 4.99 Å². The third-order valence-corrected chi connectivity index (χ3v) is 5.63. The molecular formula is C28H29N3. The molecule has 0 aliphatic heterocycles. The van der Waals surface area contributed by atoms with E-state index in [1.165, 1.54) is 39.1 Å². The van der Waals surface area contributed by atoms with Crippen LogP contribution in [0.4, 0.5) is 11.4 Å². The van der Waals surface area contributed by atoms with Gasteiger partial charge in [-0.25, -0.2) is 0 Å². The van der Waals surface area contributed by atoms with E-state index in [0.29, 0.717) is 0 Å². The summed E-state index contributed by atoms with van der Waals surface area (Å²) in [6.07, 6.45) is 4.37. The van der Waals surface area contributed by atoms with Crippen molar-refractivity contribution in [1.29, 1.82) is 0 Å². The van der Waals surface area contributed by atoms with Crippen molar-refractivity contribution in [3.8, 4) is 0 Å². The van der Waals surface area contributed by atoms with E-state index in [-0.39, 0.29) is 0 Å². The summed E-state index contributed by atoms with van der Waals surface area (Å²) in [5.41, 5.74) is 10.6. The van der Waals surface area contributed by atoms with Crippen molar-refractivity contribution in [3.63, 3.8) is 0 Å². The van der Waals surface area contributed by atoms with Gasteiger partial charge < -0.3 is 10.2 Å². The minimum atomic E-state index is 0.775.